The zero-order valence-electron chi connectivity index (χ0n) is 13.1. The largest absolute Gasteiger partial charge is 0.472 e. The van der Waals surface area contributed by atoms with Gasteiger partial charge in [0.15, 0.2) is 0 Å². The Morgan fingerprint density at radius 1 is 1.12 bits per heavy atom. The summed E-state index contributed by atoms with van der Waals surface area (Å²) in [6.07, 6.45) is 4.69. The first kappa shape index (κ1) is 15.2. The number of nitrogens with zero attached hydrogens (tertiary/aromatic N) is 2. The molecule has 0 radical (unpaired) electrons. The van der Waals surface area contributed by atoms with Crippen LogP contribution in [0.1, 0.15) is 17.1 Å². The van der Waals surface area contributed by atoms with Crippen LogP contribution in [0, 0.1) is 0 Å². The Morgan fingerprint density at radius 3 is 2.64 bits per heavy atom. The molecule has 6 heteroatoms. The third-order valence-corrected chi connectivity index (χ3v) is 3.80. The van der Waals surface area contributed by atoms with E-state index in [0.29, 0.717) is 34.1 Å². The normalized spacial score (nSPS) is 15.9. The van der Waals surface area contributed by atoms with E-state index < -0.39 is 0 Å². The molecule has 4 rings (SSSR count). The molecule has 1 N–H and O–H groups in total. The van der Waals surface area contributed by atoms with Gasteiger partial charge >= 0.3 is 0 Å². The van der Waals surface area contributed by atoms with E-state index in [1.807, 2.05) is 30.3 Å². The quantitative estimate of drug-likeness (QED) is 0.743. The average molecular weight is 334 g/mol. The van der Waals surface area contributed by atoms with Crippen molar-refractivity contribution in [1.29, 1.82) is 0 Å². The summed E-state index contributed by atoms with van der Waals surface area (Å²) in [5, 5.41) is 14.9. The van der Waals surface area contributed by atoms with E-state index >= 15 is 0 Å². The number of furan rings is 2. The van der Waals surface area contributed by atoms with Crippen LogP contribution in [0.4, 0.5) is 5.69 Å². The highest BCUT2D eigenvalue weighted by Gasteiger charge is 2.32. The van der Waals surface area contributed by atoms with Gasteiger partial charge in [-0.2, -0.15) is 10.1 Å². The maximum atomic E-state index is 12.9. The van der Waals surface area contributed by atoms with Crippen molar-refractivity contribution < 1.29 is 18.7 Å². The Balaban J connectivity index is 1.79. The molecule has 0 bridgehead atoms. The van der Waals surface area contributed by atoms with Crippen LogP contribution >= 0.6 is 0 Å². The van der Waals surface area contributed by atoms with Gasteiger partial charge in [-0.05, 0) is 36.4 Å². The van der Waals surface area contributed by atoms with Crippen LogP contribution in [0.3, 0.4) is 0 Å². The summed E-state index contributed by atoms with van der Waals surface area (Å²) in [5.74, 6) is 0.641. The molecule has 2 aromatic heterocycles. The minimum atomic E-state index is -0.260. The second-order valence-corrected chi connectivity index (χ2v) is 5.43. The van der Waals surface area contributed by atoms with Crippen molar-refractivity contribution in [2.24, 2.45) is 5.10 Å². The van der Waals surface area contributed by atoms with E-state index in [1.165, 1.54) is 17.5 Å². The minimum absolute atomic E-state index is 0.198. The smallest absolute Gasteiger partial charge is 0.281 e. The van der Waals surface area contributed by atoms with E-state index in [-0.39, 0.29) is 12.5 Å². The number of hydrogen-bond acceptors (Lipinski definition) is 5. The van der Waals surface area contributed by atoms with Gasteiger partial charge in [-0.1, -0.05) is 18.2 Å². The number of para-hydroxylation sites is 1. The van der Waals surface area contributed by atoms with E-state index in [1.54, 1.807) is 24.3 Å². The Hall–Kier alpha value is -3.38. The molecule has 0 saturated carbocycles. The Morgan fingerprint density at radius 2 is 1.96 bits per heavy atom. The standard InChI is InChI=1S/C19H14N2O4/c22-11-16-7-6-15(25-16)10-17-18(13-8-9-24-12-13)20-21(19(17)23)14-4-2-1-3-5-14/h1-10,12,22H,11H2/b17-10-. The molecule has 0 aliphatic carbocycles. The van der Waals surface area contributed by atoms with Gasteiger partial charge < -0.3 is 13.9 Å². The lowest BCUT2D eigenvalue weighted by atomic mass is 10.0. The van der Waals surface area contributed by atoms with Crippen molar-refractivity contribution in [3.05, 3.63) is 83.7 Å². The SMILES string of the molecule is O=C1/C(=C\c2ccc(CO)o2)C(c2ccoc2)=NN1c1ccccc1. The summed E-state index contributed by atoms with van der Waals surface area (Å²) in [6, 6.07) is 14.3. The lowest BCUT2D eigenvalue weighted by molar-refractivity contribution is -0.114. The van der Waals surface area contributed by atoms with Crippen molar-refractivity contribution in [3.63, 3.8) is 0 Å². The number of anilines is 1. The molecule has 3 heterocycles. The second-order valence-electron chi connectivity index (χ2n) is 5.43. The molecule has 25 heavy (non-hydrogen) atoms. The van der Waals surface area contributed by atoms with E-state index in [9.17, 15) is 4.79 Å². The molecule has 124 valence electrons. The van der Waals surface area contributed by atoms with Gasteiger partial charge in [-0.15, -0.1) is 0 Å². The van der Waals surface area contributed by atoms with E-state index in [4.69, 9.17) is 13.9 Å². The third-order valence-electron chi connectivity index (χ3n) is 3.80. The maximum Gasteiger partial charge on any atom is 0.281 e. The summed E-state index contributed by atoms with van der Waals surface area (Å²) in [4.78, 5) is 12.9. The van der Waals surface area contributed by atoms with Gasteiger partial charge in [0.2, 0.25) is 0 Å². The maximum absolute atomic E-state index is 12.9. The molecule has 0 saturated heterocycles. The molecule has 0 fully saturated rings. The van der Waals surface area contributed by atoms with Crippen LogP contribution < -0.4 is 5.01 Å². The Bertz CT molecular complexity index is 952. The number of aliphatic hydroxyl groups is 1. The van der Waals surface area contributed by atoms with Gasteiger partial charge in [0.25, 0.3) is 5.91 Å². The fraction of sp³-hybridized carbons (Fsp3) is 0.0526. The predicted octanol–water partition coefficient (Wildman–Crippen LogP) is 3.20. The van der Waals surface area contributed by atoms with Crippen molar-refractivity contribution in [1.82, 2.24) is 0 Å². The molecular weight excluding hydrogens is 320 g/mol. The zero-order valence-corrected chi connectivity index (χ0v) is 13.1. The van der Waals surface area contributed by atoms with E-state index in [2.05, 4.69) is 5.10 Å². The molecule has 0 spiro atoms. The fourth-order valence-corrected chi connectivity index (χ4v) is 2.60. The molecule has 0 atom stereocenters. The van der Waals surface area contributed by atoms with Crippen molar-refractivity contribution in [3.8, 4) is 0 Å². The van der Waals surface area contributed by atoms with Crippen molar-refractivity contribution in [2.75, 3.05) is 5.01 Å². The summed E-state index contributed by atoms with van der Waals surface area (Å²) >= 11 is 0. The highest BCUT2D eigenvalue weighted by molar-refractivity contribution is 6.37. The third kappa shape index (κ3) is 2.79. The first-order valence-electron chi connectivity index (χ1n) is 7.68. The number of amides is 1. The van der Waals surface area contributed by atoms with Crippen LogP contribution in [-0.4, -0.2) is 16.7 Å². The summed E-state index contributed by atoms with van der Waals surface area (Å²) in [5.41, 5.74) is 2.27. The number of carbonyl (C=O) groups excluding carboxylic acids is 1. The highest BCUT2D eigenvalue weighted by Crippen LogP contribution is 2.28. The Kier molecular flexibility index (Phi) is 3.80. The second kappa shape index (κ2) is 6.26. The molecule has 0 unspecified atom stereocenters. The number of carbonyl (C=O) groups is 1. The number of hydrogen-bond donors (Lipinski definition) is 1. The van der Waals surface area contributed by atoms with Crippen LogP contribution in [0.2, 0.25) is 0 Å². The molecule has 3 aromatic rings. The van der Waals surface area contributed by atoms with Crippen LogP contribution in [0.25, 0.3) is 6.08 Å². The van der Waals surface area contributed by atoms with Crippen molar-refractivity contribution >= 4 is 23.4 Å². The first-order chi connectivity index (χ1) is 12.3. The summed E-state index contributed by atoms with van der Waals surface area (Å²) in [6.45, 7) is -0.198. The van der Waals surface area contributed by atoms with Gasteiger partial charge in [-0.25, -0.2) is 0 Å². The molecule has 1 amide bonds. The molecular formula is C19H14N2O4. The highest BCUT2D eigenvalue weighted by atomic mass is 16.4. The molecule has 6 nitrogen and oxygen atoms in total. The Labute approximate surface area is 143 Å². The number of aliphatic hydroxyl groups excluding tert-OH is 1. The van der Waals surface area contributed by atoms with Gasteiger partial charge in [-0.3, -0.25) is 4.79 Å². The lowest BCUT2D eigenvalue weighted by Gasteiger charge is -2.10. The number of benzene rings is 1. The summed E-state index contributed by atoms with van der Waals surface area (Å²) in [7, 11) is 0. The van der Waals surface area contributed by atoms with Gasteiger partial charge in [0.05, 0.1) is 23.8 Å². The van der Waals surface area contributed by atoms with Gasteiger partial charge in [0.1, 0.15) is 23.8 Å². The number of hydrazone groups is 1. The van der Waals surface area contributed by atoms with Crippen molar-refractivity contribution in [2.45, 2.75) is 6.61 Å². The van der Waals surface area contributed by atoms with Gasteiger partial charge in [0, 0.05) is 5.56 Å². The summed E-state index contributed by atoms with van der Waals surface area (Å²) < 4.78 is 10.6. The average Bonchev–Trinajstić information content (AvgIpc) is 3.38. The van der Waals surface area contributed by atoms with Crippen LogP contribution in [0.15, 0.2) is 80.6 Å². The number of rotatable bonds is 4. The van der Waals surface area contributed by atoms with Crippen LogP contribution in [-0.2, 0) is 11.4 Å². The zero-order chi connectivity index (χ0) is 17.2. The first-order valence-corrected chi connectivity index (χ1v) is 7.68. The molecule has 1 aromatic carbocycles. The monoisotopic (exact) mass is 334 g/mol. The molecule has 1 aliphatic heterocycles. The predicted molar refractivity (Wildman–Crippen MR) is 91.8 cm³/mol. The van der Waals surface area contributed by atoms with E-state index in [0.717, 1.165) is 0 Å². The fourth-order valence-electron chi connectivity index (χ4n) is 2.60. The minimum Gasteiger partial charge on any atom is -0.472 e. The molecule has 1 aliphatic rings. The topological polar surface area (TPSA) is 79.2 Å². The lowest BCUT2D eigenvalue weighted by Crippen LogP contribution is -2.21. The van der Waals surface area contributed by atoms with Crippen LogP contribution in [0.5, 0.6) is 0 Å².